The van der Waals surface area contributed by atoms with Crippen molar-refractivity contribution in [3.8, 4) is 0 Å². The van der Waals surface area contributed by atoms with Crippen molar-refractivity contribution < 1.29 is 9.90 Å². The molecule has 1 aromatic heterocycles. The number of hydrogen-bond acceptors (Lipinski definition) is 6. The number of hydrogen-bond donors (Lipinski definition) is 4. The number of nitrogens with two attached hydrogens (primary N) is 3. The molecule has 1 unspecified atom stereocenters. The first-order valence-electron chi connectivity index (χ1n) is 4.57. The van der Waals surface area contributed by atoms with Gasteiger partial charge in [-0.1, -0.05) is 0 Å². The zero-order valence-electron chi connectivity index (χ0n) is 9.21. The van der Waals surface area contributed by atoms with Gasteiger partial charge in [0.25, 0.3) is 5.91 Å². The van der Waals surface area contributed by atoms with E-state index in [0.29, 0.717) is 0 Å². The van der Waals surface area contributed by atoms with Gasteiger partial charge >= 0.3 is 0 Å². The topological polar surface area (TPSA) is 136 Å². The average molecular weight is 228 g/mol. The highest BCUT2D eigenvalue weighted by atomic mass is 16.3. The lowest BCUT2D eigenvalue weighted by molar-refractivity contribution is 0.00210. The Hall–Kier alpha value is -1.64. The van der Waals surface area contributed by atoms with Crippen molar-refractivity contribution in [1.82, 2.24) is 14.6 Å². The molecule has 0 saturated heterocycles. The number of primary amides is 1. The fourth-order valence-electron chi connectivity index (χ4n) is 1.29. The van der Waals surface area contributed by atoms with E-state index in [4.69, 9.17) is 17.3 Å². The molecule has 0 radical (unpaired) electrons. The van der Waals surface area contributed by atoms with Crippen LogP contribution in [0.3, 0.4) is 0 Å². The minimum absolute atomic E-state index is 0.0403. The number of aliphatic hydroxyl groups is 1. The molecule has 16 heavy (non-hydrogen) atoms. The Bertz CT molecular complexity index is 401. The Kier molecular flexibility index (Phi) is 3.17. The van der Waals surface area contributed by atoms with Gasteiger partial charge in [-0.3, -0.25) is 15.2 Å². The molecule has 8 nitrogen and oxygen atoms in total. The highest BCUT2D eigenvalue weighted by molar-refractivity contribution is 5.95. The van der Waals surface area contributed by atoms with Crippen molar-refractivity contribution in [3.05, 3.63) is 12.0 Å². The summed E-state index contributed by atoms with van der Waals surface area (Å²) >= 11 is 0. The fraction of sp³-hybridized carbons (Fsp3) is 0.500. The average Bonchev–Trinajstić information content (AvgIpc) is 2.59. The number of hydrazine groups is 1. The Labute approximate surface area is 92.6 Å². The number of likely N-dealkylation sites (N-methyl/N-ethyl adjacent to an activating group) is 1. The van der Waals surface area contributed by atoms with Gasteiger partial charge in [-0.05, 0) is 6.92 Å². The Morgan fingerprint density at radius 3 is 2.62 bits per heavy atom. The largest absolute Gasteiger partial charge is 0.392 e. The van der Waals surface area contributed by atoms with Gasteiger partial charge in [-0.25, -0.2) is 9.99 Å². The Balaban J connectivity index is 3.28. The molecule has 1 atom stereocenters. The normalized spacial score (nSPS) is 15.1. The van der Waals surface area contributed by atoms with E-state index in [0.717, 1.165) is 0 Å². The number of amides is 1. The molecule has 0 spiro atoms. The van der Waals surface area contributed by atoms with E-state index in [1.54, 1.807) is 14.0 Å². The van der Waals surface area contributed by atoms with E-state index in [1.807, 2.05) is 0 Å². The lowest BCUT2D eigenvalue weighted by atomic mass is 10.2. The second-order valence-corrected chi connectivity index (χ2v) is 3.70. The van der Waals surface area contributed by atoms with Crippen LogP contribution in [-0.4, -0.2) is 39.2 Å². The summed E-state index contributed by atoms with van der Waals surface area (Å²) in [5, 5.41) is 10.6. The fourth-order valence-corrected chi connectivity index (χ4v) is 1.29. The van der Waals surface area contributed by atoms with Crippen LogP contribution < -0.4 is 17.3 Å². The molecule has 1 heterocycles. The molecule has 0 aliphatic rings. The van der Waals surface area contributed by atoms with Crippen molar-refractivity contribution in [2.45, 2.75) is 12.6 Å². The van der Waals surface area contributed by atoms with E-state index in [-0.39, 0.29) is 18.1 Å². The third kappa shape index (κ3) is 1.73. The molecule has 1 aromatic rings. The first kappa shape index (κ1) is 12.4. The van der Waals surface area contributed by atoms with Crippen LogP contribution in [0.1, 0.15) is 17.4 Å². The molecular weight excluding hydrogens is 212 g/mol. The van der Waals surface area contributed by atoms with Crippen LogP contribution in [0.25, 0.3) is 0 Å². The summed E-state index contributed by atoms with van der Waals surface area (Å²) in [4.78, 5) is 14.8. The number of anilines is 1. The molecule has 0 bridgehead atoms. The highest BCUT2D eigenvalue weighted by Crippen LogP contribution is 2.22. The number of nitrogens with zero attached hydrogens (tertiary/aromatic N) is 3. The van der Waals surface area contributed by atoms with Gasteiger partial charge in [0, 0.05) is 7.05 Å². The van der Waals surface area contributed by atoms with Gasteiger partial charge in [0.2, 0.25) is 0 Å². The Morgan fingerprint density at radius 2 is 2.31 bits per heavy atom. The van der Waals surface area contributed by atoms with Gasteiger partial charge in [0.15, 0.2) is 5.69 Å². The summed E-state index contributed by atoms with van der Waals surface area (Å²) in [5.74, 6) is 4.97. The number of aromatic nitrogens is 2. The third-order valence-corrected chi connectivity index (χ3v) is 2.62. The minimum Gasteiger partial charge on any atom is -0.392 e. The van der Waals surface area contributed by atoms with Gasteiger partial charge in [-0.2, -0.15) is 0 Å². The van der Waals surface area contributed by atoms with Crippen molar-refractivity contribution >= 4 is 11.7 Å². The first-order chi connectivity index (χ1) is 7.34. The van der Waals surface area contributed by atoms with Crippen LogP contribution in [0.15, 0.2) is 6.33 Å². The lowest BCUT2D eigenvalue weighted by Gasteiger charge is -2.35. The quantitative estimate of drug-likeness (QED) is 0.348. The van der Waals surface area contributed by atoms with Gasteiger partial charge in [0.1, 0.15) is 11.5 Å². The summed E-state index contributed by atoms with van der Waals surface area (Å²) in [6.45, 7) is 1.36. The molecular formula is C8H16N6O2. The van der Waals surface area contributed by atoms with Crippen LogP contribution in [0.5, 0.6) is 0 Å². The minimum atomic E-state index is -0.981. The van der Waals surface area contributed by atoms with Gasteiger partial charge in [0.05, 0.1) is 12.9 Å². The highest BCUT2D eigenvalue weighted by Gasteiger charge is 2.32. The number of aliphatic hydroxyl groups excluding tert-OH is 1. The number of carbonyl (C=O) groups is 1. The molecule has 90 valence electrons. The van der Waals surface area contributed by atoms with Crippen molar-refractivity contribution in [1.29, 1.82) is 0 Å². The molecule has 7 N–H and O–H groups in total. The molecule has 1 amide bonds. The Morgan fingerprint density at radius 1 is 1.75 bits per heavy atom. The molecule has 8 heteroatoms. The van der Waals surface area contributed by atoms with E-state index in [2.05, 4.69) is 4.98 Å². The van der Waals surface area contributed by atoms with Crippen LogP contribution in [0.2, 0.25) is 0 Å². The number of imidazole rings is 1. The maximum absolute atomic E-state index is 11.0. The second kappa shape index (κ2) is 4.08. The summed E-state index contributed by atoms with van der Waals surface area (Å²) < 4.78 is 1.40. The third-order valence-electron chi connectivity index (χ3n) is 2.62. The summed E-state index contributed by atoms with van der Waals surface area (Å²) in [7, 11) is 1.57. The SMILES string of the molecule is CN(N)C(C)(CO)n1cnc(C(N)=O)c1N. The predicted molar refractivity (Wildman–Crippen MR) is 57.8 cm³/mol. The summed E-state index contributed by atoms with van der Waals surface area (Å²) in [6, 6.07) is 0. The predicted octanol–water partition coefficient (Wildman–Crippen LogP) is -1.97. The van der Waals surface area contributed by atoms with Gasteiger partial charge in [-0.15, -0.1) is 0 Å². The smallest absolute Gasteiger partial charge is 0.271 e. The summed E-state index contributed by atoms with van der Waals surface area (Å²) in [5.41, 5.74) is 9.78. The molecule has 0 aliphatic carbocycles. The zero-order chi connectivity index (χ0) is 12.5. The monoisotopic (exact) mass is 228 g/mol. The maximum Gasteiger partial charge on any atom is 0.271 e. The van der Waals surface area contributed by atoms with E-state index in [1.165, 1.54) is 15.9 Å². The molecule has 0 aliphatic heterocycles. The second-order valence-electron chi connectivity index (χ2n) is 3.70. The first-order valence-corrected chi connectivity index (χ1v) is 4.57. The van der Waals surface area contributed by atoms with Crippen molar-refractivity contribution in [3.63, 3.8) is 0 Å². The number of carbonyl (C=O) groups excluding carboxylic acids is 1. The van der Waals surface area contributed by atoms with Crippen molar-refractivity contribution in [2.75, 3.05) is 19.4 Å². The van der Waals surface area contributed by atoms with E-state index < -0.39 is 11.6 Å². The van der Waals surface area contributed by atoms with Gasteiger partial charge < -0.3 is 16.6 Å². The molecule has 0 saturated carbocycles. The van der Waals surface area contributed by atoms with Crippen LogP contribution in [0, 0.1) is 0 Å². The van der Waals surface area contributed by atoms with E-state index >= 15 is 0 Å². The molecule has 0 aromatic carbocycles. The number of rotatable bonds is 4. The molecule has 0 fully saturated rings. The standard InChI is InChI=1S/C8H16N6O2/c1-8(3-15,13(2)11)14-4-12-5(6(14)9)7(10)16/h4,15H,3,9,11H2,1-2H3,(H2,10,16). The van der Waals surface area contributed by atoms with Crippen LogP contribution in [0.4, 0.5) is 5.82 Å². The lowest BCUT2D eigenvalue weighted by Crippen LogP contribution is -2.52. The van der Waals surface area contributed by atoms with Crippen LogP contribution in [-0.2, 0) is 5.66 Å². The maximum atomic E-state index is 11.0. The zero-order valence-corrected chi connectivity index (χ0v) is 9.21. The van der Waals surface area contributed by atoms with Crippen molar-refractivity contribution in [2.24, 2.45) is 11.6 Å². The summed E-state index contributed by atoms with van der Waals surface area (Å²) in [6.07, 6.45) is 1.31. The number of nitrogen functional groups attached to an aromatic ring is 1. The van der Waals surface area contributed by atoms with E-state index in [9.17, 15) is 9.90 Å². The molecule has 1 rings (SSSR count). The van der Waals surface area contributed by atoms with Crippen LogP contribution >= 0.6 is 0 Å².